The van der Waals surface area contributed by atoms with Crippen molar-refractivity contribution in [3.63, 3.8) is 0 Å². The van der Waals surface area contributed by atoms with Gasteiger partial charge in [0.25, 0.3) is 0 Å². The Morgan fingerprint density at radius 1 is 0.818 bits per heavy atom. The fourth-order valence-corrected chi connectivity index (χ4v) is 7.84. The molecule has 0 spiro atoms. The number of sulfonamides is 1. The third-order valence-corrected chi connectivity index (χ3v) is 10.3. The molecule has 11 nitrogen and oxygen atoms in total. The van der Waals surface area contributed by atoms with Crippen LogP contribution in [-0.4, -0.2) is 69.8 Å². The van der Waals surface area contributed by atoms with Gasteiger partial charge in [0.2, 0.25) is 15.9 Å². The highest BCUT2D eigenvalue weighted by molar-refractivity contribution is 7.89. The number of hydrogen-bond donors (Lipinski definition) is 2. The summed E-state index contributed by atoms with van der Waals surface area (Å²) in [6.45, 7) is 2.11. The summed E-state index contributed by atoms with van der Waals surface area (Å²) in [5.74, 6) is -0.264. The largest absolute Gasteiger partial charge is 0.379 e. The third-order valence-electron chi connectivity index (χ3n) is 7.43. The van der Waals surface area contributed by atoms with Gasteiger partial charge in [-0.15, -0.1) is 0 Å². The molecule has 2 aromatic heterocycles. The Labute approximate surface area is 255 Å². The molecular formula is C31H29N5O6S2. The van der Waals surface area contributed by atoms with Crippen molar-refractivity contribution in [3.8, 4) is 5.75 Å². The van der Waals surface area contributed by atoms with Gasteiger partial charge in [-0.2, -0.15) is 13.1 Å². The Bertz CT molecular complexity index is 2040. The van der Waals surface area contributed by atoms with E-state index in [-0.39, 0.29) is 27.9 Å². The lowest BCUT2D eigenvalue weighted by Gasteiger charge is -2.31. The van der Waals surface area contributed by atoms with Crippen molar-refractivity contribution in [2.45, 2.75) is 22.3 Å². The van der Waals surface area contributed by atoms with Crippen LogP contribution in [0, 0.1) is 0 Å². The molecule has 13 heteroatoms. The number of nitrogens with one attached hydrogen (secondary N) is 2. The van der Waals surface area contributed by atoms with E-state index in [1.165, 1.54) is 36.7 Å². The zero-order chi connectivity index (χ0) is 30.7. The van der Waals surface area contributed by atoms with Crippen LogP contribution in [0.15, 0.2) is 107 Å². The van der Waals surface area contributed by atoms with Crippen molar-refractivity contribution in [1.82, 2.24) is 24.9 Å². The fraction of sp³-hybridized carbons (Fsp3) is 0.194. The van der Waals surface area contributed by atoms with Crippen molar-refractivity contribution < 1.29 is 25.8 Å². The monoisotopic (exact) mass is 631 g/mol. The Hall–Kier alpha value is -4.43. The zero-order valence-corrected chi connectivity index (χ0v) is 25.1. The molecule has 0 saturated carbocycles. The molecular weight excluding hydrogens is 603 g/mol. The number of amides is 1. The van der Waals surface area contributed by atoms with E-state index in [4.69, 9.17) is 4.18 Å². The highest BCUT2D eigenvalue weighted by Crippen LogP contribution is 2.27. The second-order valence-electron chi connectivity index (χ2n) is 10.3. The van der Waals surface area contributed by atoms with Crippen LogP contribution < -0.4 is 14.2 Å². The first-order valence-electron chi connectivity index (χ1n) is 13.9. The molecule has 6 rings (SSSR count). The minimum atomic E-state index is -4.17. The average Bonchev–Trinajstić information content (AvgIpc) is 3.04. The lowest BCUT2D eigenvalue weighted by Crippen LogP contribution is -2.54. The number of carbonyl (C=O) groups excluding carboxylic acids is 1. The second kappa shape index (κ2) is 12.3. The van der Waals surface area contributed by atoms with E-state index in [1.807, 2.05) is 0 Å². The summed E-state index contributed by atoms with van der Waals surface area (Å²) in [5.41, 5.74) is 0.615. The Morgan fingerprint density at radius 2 is 1.41 bits per heavy atom. The predicted molar refractivity (Wildman–Crippen MR) is 165 cm³/mol. The number of pyridine rings is 2. The molecule has 0 bridgehead atoms. The minimum absolute atomic E-state index is 0.0155. The first-order valence-corrected chi connectivity index (χ1v) is 16.8. The maximum absolute atomic E-state index is 13.7. The quantitative estimate of drug-likeness (QED) is 0.234. The van der Waals surface area contributed by atoms with Crippen LogP contribution in [0.4, 0.5) is 0 Å². The molecule has 226 valence electrons. The van der Waals surface area contributed by atoms with Crippen LogP contribution >= 0.6 is 0 Å². The minimum Gasteiger partial charge on any atom is -0.379 e. The van der Waals surface area contributed by atoms with Gasteiger partial charge in [-0.1, -0.05) is 36.4 Å². The van der Waals surface area contributed by atoms with Gasteiger partial charge in [-0.25, -0.2) is 8.42 Å². The van der Waals surface area contributed by atoms with Gasteiger partial charge in [0.05, 0.1) is 4.90 Å². The first kappa shape index (κ1) is 29.6. The molecule has 1 aliphatic heterocycles. The third kappa shape index (κ3) is 6.26. The van der Waals surface area contributed by atoms with Gasteiger partial charge in [-0.05, 0) is 48.4 Å². The molecule has 0 unspecified atom stereocenters. The molecule has 1 aliphatic rings. The van der Waals surface area contributed by atoms with Gasteiger partial charge in [-0.3, -0.25) is 14.8 Å². The highest BCUT2D eigenvalue weighted by Gasteiger charge is 2.31. The Kier molecular flexibility index (Phi) is 8.27. The van der Waals surface area contributed by atoms with Crippen LogP contribution in [0.3, 0.4) is 0 Å². The SMILES string of the molecule is O=C([C@H](Cc1ccc(OS(=O)(=O)c2cccc3cnccc23)cc1)NS(=O)(=O)c1cccc2cnccc12)N1CCNCC1. The average molecular weight is 632 g/mol. The van der Waals surface area contributed by atoms with Gasteiger partial charge >= 0.3 is 10.1 Å². The molecule has 0 radical (unpaired) electrons. The van der Waals surface area contributed by atoms with E-state index in [9.17, 15) is 21.6 Å². The van der Waals surface area contributed by atoms with Crippen molar-refractivity contribution >= 4 is 47.6 Å². The predicted octanol–water partition coefficient (Wildman–Crippen LogP) is 2.87. The lowest BCUT2D eigenvalue weighted by molar-refractivity contribution is -0.133. The normalized spacial score (nSPS) is 14.9. The zero-order valence-electron chi connectivity index (χ0n) is 23.5. The molecule has 3 heterocycles. The summed E-state index contributed by atoms with van der Waals surface area (Å²) in [6.07, 6.45) is 6.23. The van der Waals surface area contributed by atoms with Crippen LogP contribution in [0.2, 0.25) is 0 Å². The number of carbonyl (C=O) groups is 1. The first-order chi connectivity index (χ1) is 21.2. The maximum atomic E-state index is 13.7. The van der Waals surface area contributed by atoms with E-state index in [1.54, 1.807) is 65.8 Å². The van der Waals surface area contributed by atoms with Crippen LogP contribution in [0.25, 0.3) is 21.5 Å². The number of fused-ring (bicyclic) bond motifs is 2. The van der Waals surface area contributed by atoms with Gasteiger partial charge in [0, 0.05) is 72.5 Å². The Morgan fingerprint density at radius 3 is 2.05 bits per heavy atom. The van der Waals surface area contributed by atoms with Crippen molar-refractivity contribution in [3.05, 3.63) is 103 Å². The maximum Gasteiger partial charge on any atom is 0.339 e. The molecule has 3 aromatic carbocycles. The highest BCUT2D eigenvalue weighted by atomic mass is 32.2. The molecule has 1 fully saturated rings. The van der Waals surface area contributed by atoms with E-state index in [2.05, 4.69) is 20.0 Å². The van der Waals surface area contributed by atoms with Gasteiger partial charge in [0.1, 0.15) is 16.7 Å². The fourth-order valence-electron chi connectivity index (χ4n) is 5.26. The molecule has 1 saturated heterocycles. The summed E-state index contributed by atoms with van der Waals surface area (Å²) in [4.78, 5) is 23.5. The molecule has 0 aliphatic carbocycles. The van der Waals surface area contributed by atoms with Crippen LogP contribution in [0.5, 0.6) is 5.75 Å². The molecule has 44 heavy (non-hydrogen) atoms. The number of benzene rings is 3. The van der Waals surface area contributed by atoms with Crippen molar-refractivity contribution in [2.24, 2.45) is 0 Å². The number of aromatic nitrogens is 2. The van der Waals surface area contributed by atoms with Crippen molar-refractivity contribution in [2.75, 3.05) is 26.2 Å². The van der Waals surface area contributed by atoms with Crippen molar-refractivity contribution in [1.29, 1.82) is 0 Å². The number of rotatable bonds is 9. The molecule has 5 aromatic rings. The lowest BCUT2D eigenvalue weighted by atomic mass is 10.1. The number of nitrogens with zero attached hydrogens (tertiary/aromatic N) is 3. The summed E-state index contributed by atoms with van der Waals surface area (Å²) >= 11 is 0. The summed E-state index contributed by atoms with van der Waals surface area (Å²) in [5, 5.41) is 5.50. The van der Waals surface area contributed by atoms with Gasteiger partial charge in [0.15, 0.2) is 0 Å². The van der Waals surface area contributed by atoms with Crippen LogP contribution in [0.1, 0.15) is 5.56 Å². The second-order valence-corrected chi connectivity index (χ2v) is 13.5. The Balaban J connectivity index is 1.25. The van der Waals surface area contributed by atoms with E-state index < -0.39 is 26.2 Å². The molecule has 2 N–H and O–H groups in total. The smallest absolute Gasteiger partial charge is 0.339 e. The standard InChI is InChI=1S/C31H29N5O6S2/c37-31(36-17-15-32-16-18-36)28(35-43(38,39)29-5-1-3-23-20-33-13-11-26(23)29)19-22-7-9-25(10-8-22)42-44(40,41)30-6-2-4-24-21-34-14-12-27(24)30/h1-14,20-21,28,32,35H,15-19H2/t28-/m0/s1. The number of piperazine rings is 1. The van der Waals surface area contributed by atoms with Gasteiger partial charge < -0.3 is 14.4 Å². The summed E-state index contributed by atoms with van der Waals surface area (Å²) < 4.78 is 61.7. The molecule has 1 amide bonds. The summed E-state index contributed by atoms with van der Waals surface area (Å²) in [7, 11) is -8.29. The summed E-state index contributed by atoms with van der Waals surface area (Å²) in [6, 6.07) is 18.1. The van der Waals surface area contributed by atoms with E-state index >= 15 is 0 Å². The van der Waals surface area contributed by atoms with E-state index in [0.29, 0.717) is 53.3 Å². The topological polar surface area (TPSA) is 148 Å². The molecule has 1 atom stereocenters. The van der Waals surface area contributed by atoms with Crippen LogP contribution in [-0.2, 0) is 31.4 Å². The number of hydrogen-bond acceptors (Lipinski definition) is 9. The van der Waals surface area contributed by atoms with E-state index in [0.717, 1.165) is 0 Å².